The summed E-state index contributed by atoms with van der Waals surface area (Å²) >= 11 is 1.38. The summed E-state index contributed by atoms with van der Waals surface area (Å²) in [6.45, 7) is 17.3. The highest BCUT2D eigenvalue weighted by Gasteiger charge is 2.59. The monoisotopic (exact) mass is 869 g/mol. The number of carbonyl (C=O) groups is 3. The van der Waals surface area contributed by atoms with Gasteiger partial charge in [0.15, 0.2) is 0 Å². The lowest BCUT2D eigenvalue weighted by Crippen LogP contribution is -2.51. The zero-order chi connectivity index (χ0) is 44.3. The predicted octanol–water partition coefficient (Wildman–Crippen LogP) is 13.8. The maximum Gasteiger partial charge on any atom is 0.306 e. The lowest BCUT2D eigenvalue weighted by molar-refractivity contribution is -0.151. The third-order valence-corrected chi connectivity index (χ3v) is 16.8. The molecular formula is C53H92N2O5S. The molecule has 2 unspecified atom stereocenters. The van der Waals surface area contributed by atoms with Gasteiger partial charge in [0, 0.05) is 44.6 Å². The molecule has 1 amide bonds. The molecule has 61 heavy (non-hydrogen) atoms. The lowest BCUT2D eigenvalue weighted by Gasteiger charge is -2.58. The highest BCUT2D eigenvalue weighted by Crippen LogP contribution is 2.67. The molecule has 0 radical (unpaired) electrons. The van der Waals surface area contributed by atoms with Crippen LogP contribution in [0.5, 0.6) is 0 Å². The molecule has 3 saturated carbocycles. The molecular weight excluding hydrogens is 777 g/mol. The molecule has 8 atom stereocenters. The van der Waals surface area contributed by atoms with E-state index in [9.17, 15) is 14.4 Å². The number of amides is 1. The Labute approximate surface area is 379 Å². The molecule has 0 aliphatic heterocycles. The van der Waals surface area contributed by atoms with Crippen molar-refractivity contribution >= 4 is 28.9 Å². The van der Waals surface area contributed by atoms with E-state index >= 15 is 0 Å². The Kier molecular flexibility index (Phi) is 22.8. The molecule has 0 aromatic carbocycles. The van der Waals surface area contributed by atoms with Crippen LogP contribution in [0.2, 0.25) is 0 Å². The third kappa shape index (κ3) is 16.3. The van der Waals surface area contributed by atoms with Crippen LogP contribution in [0.4, 0.5) is 4.79 Å². The highest BCUT2D eigenvalue weighted by atomic mass is 32.2. The summed E-state index contributed by atoms with van der Waals surface area (Å²) in [6.07, 6.45) is 32.9. The number of carbonyl (C=O) groups excluding carboxylic acids is 3. The molecule has 0 aromatic heterocycles. The first-order valence-electron chi connectivity index (χ1n) is 25.5. The minimum atomic E-state index is -0.117. The van der Waals surface area contributed by atoms with Gasteiger partial charge in [-0.05, 0) is 137 Å². The average molecular weight is 869 g/mol. The molecule has 0 N–H and O–H groups in total. The van der Waals surface area contributed by atoms with E-state index in [0.717, 1.165) is 106 Å². The average Bonchev–Trinajstić information content (AvgIpc) is 3.58. The van der Waals surface area contributed by atoms with Gasteiger partial charge in [0.25, 0.3) is 5.24 Å². The molecule has 0 spiro atoms. The molecule has 0 aromatic rings. The second-order valence-corrected chi connectivity index (χ2v) is 22.2. The molecule has 0 saturated heterocycles. The fourth-order valence-electron chi connectivity index (χ4n) is 12.3. The van der Waals surface area contributed by atoms with Crippen LogP contribution in [-0.4, -0.2) is 79.2 Å². The van der Waals surface area contributed by atoms with Crippen LogP contribution in [0.1, 0.15) is 196 Å². The van der Waals surface area contributed by atoms with Crippen molar-refractivity contribution in [1.82, 2.24) is 9.80 Å². The molecule has 4 aliphatic carbocycles. The van der Waals surface area contributed by atoms with Crippen molar-refractivity contribution in [2.45, 2.75) is 202 Å². The van der Waals surface area contributed by atoms with Gasteiger partial charge in [-0.2, -0.15) is 0 Å². The van der Waals surface area contributed by atoms with E-state index in [-0.39, 0.29) is 28.7 Å². The number of allylic oxidation sites excluding steroid dienone is 2. The summed E-state index contributed by atoms with van der Waals surface area (Å²) in [5.74, 6) is 5.49. The van der Waals surface area contributed by atoms with Gasteiger partial charge in [-0.3, -0.25) is 14.4 Å². The first-order chi connectivity index (χ1) is 29.3. The summed E-state index contributed by atoms with van der Waals surface area (Å²) in [5.41, 5.74) is 2.32. The topological polar surface area (TPSA) is 76.1 Å². The number of unbranched alkanes of at least 4 members (excludes halogenated alkanes) is 8. The van der Waals surface area contributed by atoms with Gasteiger partial charge in [0.2, 0.25) is 0 Å². The highest BCUT2D eigenvalue weighted by molar-refractivity contribution is 8.13. The molecule has 0 bridgehead atoms. The summed E-state index contributed by atoms with van der Waals surface area (Å²) in [7, 11) is 4.06. The maximum absolute atomic E-state index is 13.3. The maximum atomic E-state index is 13.3. The third-order valence-electron chi connectivity index (χ3n) is 15.9. The minimum absolute atomic E-state index is 0.0251. The Balaban J connectivity index is 1.16. The van der Waals surface area contributed by atoms with Crippen molar-refractivity contribution in [3.05, 3.63) is 23.8 Å². The zero-order valence-corrected chi connectivity index (χ0v) is 41.4. The summed E-state index contributed by atoms with van der Waals surface area (Å²) in [4.78, 5) is 42.7. The molecule has 3 fully saturated rings. The Morgan fingerprint density at radius 2 is 1.54 bits per heavy atom. The minimum Gasteiger partial charge on any atom is -0.462 e. The largest absolute Gasteiger partial charge is 0.462 e. The van der Waals surface area contributed by atoms with Crippen LogP contribution < -0.4 is 0 Å². The first-order valence-corrected chi connectivity index (χ1v) is 26.5. The predicted molar refractivity (Wildman–Crippen MR) is 257 cm³/mol. The van der Waals surface area contributed by atoms with E-state index in [1.165, 1.54) is 88.8 Å². The van der Waals surface area contributed by atoms with Crippen LogP contribution in [0, 0.1) is 46.3 Å². The Hall–Kier alpha value is -1.80. The summed E-state index contributed by atoms with van der Waals surface area (Å²) in [6, 6.07) is 0. The van der Waals surface area contributed by atoms with Gasteiger partial charge in [0.05, 0.1) is 0 Å². The number of nitrogens with zero attached hydrogens (tertiary/aromatic N) is 2. The van der Waals surface area contributed by atoms with Crippen molar-refractivity contribution < 1.29 is 23.9 Å². The fraction of sp³-hybridized carbons (Fsp3) is 0.868. The van der Waals surface area contributed by atoms with Crippen LogP contribution >= 0.6 is 11.8 Å². The van der Waals surface area contributed by atoms with E-state index in [2.05, 4.69) is 58.6 Å². The first kappa shape index (κ1) is 51.8. The fourth-order valence-corrected chi connectivity index (χ4v) is 13.3. The van der Waals surface area contributed by atoms with Crippen LogP contribution in [-0.2, 0) is 19.1 Å². The van der Waals surface area contributed by atoms with Gasteiger partial charge in [-0.15, -0.1) is 0 Å². The van der Waals surface area contributed by atoms with Crippen LogP contribution in [0.25, 0.3) is 0 Å². The van der Waals surface area contributed by atoms with Gasteiger partial charge < -0.3 is 19.3 Å². The standard InChI is InChI=1S/C53H92N2O5S/c1-9-10-11-12-13-17-20-38-59-49(56)25-18-15-14-16-19-35-55(51(58)61-39-37-54(7)8)36-22-26-50(57)60-44-31-33-52(5)43(40-44)27-28-45-47-30-29-46(42(4)24-21-23-41(2)3)53(47,6)34-32-48(45)52/h17,20,27,41-42,44-48H,9-16,18-19,21-26,28-40H2,1-8H3/b20-17-/t42-,44+,45+,46-,47?,48?,52+,53-/m1/s1. The van der Waals surface area contributed by atoms with Crippen LogP contribution in [0.15, 0.2) is 23.8 Å². The van der Waals surface area contributed by atoms with Crippen molar-refractivity contribution in [3.8, 4) is 0 Å². The van der Waals surface area contributed by atoms with Gasteiger partial charge in [0.1, 0.15) is 12.7 Å². The molecule has 8 heteroatoms. The number of hydrogen-bond acceptors (Lipinski definition) is 7. The van der Waals surface area contributed by atoms with Crippen molar-refractivity contribution in [2.24, 2.45) is 46.3 Å². The Bertz CT molecular complexity index is 1380. The molecule has 4 aliphatic rings. The Morgan fingerprint density at radius 1 is 0.803 bits per heavy atom. The Morgan fingerprint density at radius 3 is 2.31 bits per heavy atom. The number of ether oxygens (including phenoxy) is 2. The SMILES string of the molecule is CCCCCC/C=C\COC(=O)CCCCCCCN(CCCC(=O)O[C@H]1CC[C@@]2(C)C(=CC[C@@H]3C2CC[C@@]2(C)C3CC[C@@H]2[C@H](C)CCCC(C)C)C1)C(=O)SCCN(C)C. The van der Waals surface area contributed by atoms with Crippen molar-refractivity contribution in [1.29, 1.82) is 0 Å². The number of thioether (sulfide) groups is 1. The number of esters is 2. The molecule has 7 nitrogen and oxygen atoms in total. The van der Waals surface area contributed by atoms with E-state index in [1.54, 1.807) is 5.57 Å². The van der Waals surface area contributed by atoms with Crippen molar-refractivity contribution in [2.75, 3.05) is 46.1 Å². The van der Waals surface area contributed by atoms with E-state index < -0.39 is 0 Å². The van der Waals surface area contributed by atoms with Gasteiger partial charge in [-0.1, -0.05) is 135 Å². The lowest BCUT2D eigenvalue weighted by atomic mass is 9.47. The number of rotatable bonds is 28. The number of hydrogen-bond donors (Lipinski definition) is 0. The van der Waals surface area contributed by atoms with E-state index in [0.29, 0.717) is 44.4 Å². The molecule has 4 rings (SSSR count). The quantitative estimate of drug-likeness (QED) is 0.0440. The molecule has 0 heterocycles. The second-order valence-electron chi connectivity index (χ2n) is 21.2. The number of fused-ring (bicyclic) bond motifs is 5. The summed E-state index contributed by atoms with van der Waals surface area (Å²) in [5, 5.41) is 0.106. The molecule has 350 valence electrons. The smallest absolute Gasteiger partial charge is 0.306 e. The van der Waals surface area contributed by atoms with Crippen molar-refractivity contribution in [3.63, 3.8) is 0 Å². The van der Waals surface area contributed by atoms with Gasteiger partial charge >= 0.3 is 11.9 Å². The zero-order valence-electron chi connectivity index (χ0n) is 40.6. The normalized spacial score (nSPS) is 27.7. The van der Waals surface area contributed by atoms with E-state index in [1.807, 2.05) is 25.1 Å². The van der Waals surface area contributed by atoms with Gasteiger partial charge in [-0.25, -0.2) is 0 Å². The summed E-state index contributed by atoms with van der Waals surface area (Å²) < 4.78 is 11.6. The van der Waals surface area contributed by atoms with E-state index in [4.69, 9.17) is 9.47 Å². The van der Waals surface area contributed by atoms with Crippen LogP contribution in [0.3, 0.4) is 0 Å². The second kappa shape index (κ2) is 26.9.